The lowest BCUT2D eigenvalue weighted by atomic mass is 10.3. The molecule has 2 aromatic carbocycles. The van der Waals surface area contributed by atoms with Crippen molar-refractivity contribution in [2.75, 3.05) is 32.2 Å². The molecule has 0 aromatic heterocycles. The molecule has 9 heteroatoms. The second kappa shape index (κ2) is 9.54. The monoisotopic (exact) mass is 398 g/mol. The molecule has 2 rings (SSSR count). The summed E-state index contributed by atoms with van der Waals surface area (Å²) < 4.78 is 36.8. The molecule has 2 aromatic rings. The van der Waals surface area contributed by atoms with E-state index in [1.54, 1.807) is 24.3 Å². The first-order valence-corrected chi connectivity index (χ1v) is 9.54. The summed E-state index contributed by atoms with van der Waals surface area (Å²) in [6.45, 7) is 0.145. The molecule has 0 unspecified atom stereocenters. The van der Waals surface area contributed by atoms with Gasteiger partial charge in [0.2, 0.25) is 10.0 Å². The number of amides is 1. The van der Waals surface area contributed by atoms with Gasteiger partial charge in [-0.15, -0.1) is 0 Å². The lowest BCUT2D eigenvalue weighted by Gasteiger charge is -2.11. The Balaban J connectivity index is 1.95. The van der Waals surface area contributed by atoms with Crippen molar-refractivity contribution in [3.63, 3.8) is 0 Å². The maximum Gasteiger partial charge on any atom is 0.262 e. The van der Waals surface area contributed by atoms with Crippen LogP contribution < -0.4 is 14.8 Å². The number of hydrogen-bond acceptors (Lipinski definition) is 5. The fourth-order valence-electron chi connectivity index (χ4n) is 1.99. The molecule has 26 heavy (non-hydrogen) atoms. The third kappa shape index (κ3) is 5.99. The average molecular weight is 399 g/mol. The van der Waals surface area contributed by atoms with Crippen LogP contribution in [0.3, 0.4) is 0 Å². The second-order valence-electron chi connectivity index (χ2n) is 5.19. The van der Waals surface area contributed by atoms with Gasteiger partial charge in [0.05, 0.1) is 16.5 Å². The SMILES string of the molecule is COCCNS(=O)(=O)c1ccc(OCC(=O)Nc2ccccc2)c(Cl)c1. The van der Waals surface area contributed by atoms with Gasteiger partial charge in [-0.25, -0.2) is 13.1 Å². The summed E-state index contributed by atoms with van der Waals surface area (Å²) in [5.41, 5.74) is 0.649. The van der Waals surface area contributed by atoms with E-state index in [9.17, 15) is 13.2 Å². The first-order chi connectivity index (χ1) is 12.4. The molecule has 0 atom stereocenters. The number of anilines is 1. The van der Waals surface area contributed by atoms with E-state index in [4.69, 9.17) is 21.1 Å². The van der Waals surface area contributed by atoms with Crippen LogP contribution in [-0.2, 0) is 19.6 Å². The van der Waals surface area contributed by atoms with Crippen LogP contribution in [0.25, 0.3) is 0 Å². The van der Waals surface area contributed by atoms with Crippen molar-refractivity contribution in [1.82, 2.24) is 4.72 Å². The Kier molecular flexibility index (Phi) is 7.40. The Hall–Kier alpha value is -2.13. The van der Waals surface area contributed by atoms with Crippen molar-refractivity contribution in [1.29, 1.82) is 0 Å². The fraction of sp³-hybridized carbons (Fsp3) is 0.235. The molecule has 0 saturated heterocycles. The standard InChI is InChI=1S/C17H19ClN2O5S/c1-24-10-9-19-26(22,23)14-7-8-16(15(18)11-14)25-12-17(21)20-13-5-3-2-4-6-13/h2-8,11,19H,9-10,12H2,1H3,(H,20,21). The molecule has 0 radical (unpaired) electrons. The third-order valence-electron chi connectivity index (χ3n) is 3.23. The molecule has 0 aliphatic carbocycles. The molecule has 1 amide bonds. The van der Waals surface area contributed by atoms with Crippen LogP contribution in [0.15, 0.2) is 53.4 Å². The average Bonchev–Trinajstić information content (AvgIpc) is 2.61. The fourth-order valence-corrected chi connectivity index (χ4v) is 3.33. The highest BCUT2D eigenvalue weighted by atomic mass is 35.5. The van der Waals surface area contributed by atoms with E-state index in [-0.39, 0.29) is 41.3 Å². The number of benzene rings is 2. The maximum absolute atomic E-state index is 12.1. The van der Waals surface area contributed by atoms with E-state index >= 15 is 0 Å². The minimum absolute atomic E-state index is 0.000287. The highest BCUT2D eigenvalue weighted by Crippen LogP contribution is 2.27. The molecule has 0 saturated carbocycles. The Morgan fingerprint density at radius 2 is 1.88 bits per heavy atom. The maximum atomic E-state index is 12.1. The van der Waals surface area contributed by atoms with Gasteiger partial charge in [-0.3, -0.25) is 4.79 Å². The second-order valence-corrected chi connectivity index (χ2v) is 7.36. The lowest BCUT2D eigenvalue weighted by Crippen LogP contribution is -2.27. The van der Waals surface area contributed by atoms with Crippen molar-refractivity contribution in [2.24, 2.45) is 0 Å². The van der Waals surface area contributed by atoms with Crippen LogP contribution in [0.5, 0.6) is 5.75 Å². The number of halogens is 1. The number of carbonyl (C=O) groups is 1. The first kappa shape index (κ1) is 20.2. The molecule has 0 aliphatic heterocycles. The smallest absolute Gasteiger partial charge is 0.262 e. The van der Waals surface area contributed by atoms with Gasteiger partial charge in [-0.1, -0.05) is 29.8 Å². The number of hydrogen-bond donors (Lipinski definition) is 2. The predicted molar refractivity (Wildman–Crippen MR) is 99.1 cm³/mol. The molecule has 2 N–H and O–H groups in total. The van der Waals surface area contributed by atoms with Crippen molar-refractivity contribution in [2.45, 2.75) is 4.90 Å². The van der Waals surface area contributed by atoms with Crippen LogP contribution in [0.2, 0.25) is 5.02 Å². The van der Waals surface area contributed by atoms with Crippen molar-refractivity contribution < 1.29 is 22.7 Å². The van der Waals surface area contributed by atoms with Crippen molar-refractivity contribution in [3.8, 4) is 5.75 Å². The van der Waals surface area contributed by atoms with E-state index in [2.05, 4.69) is 10.0 Å². The topological polar surface area (TPSA) is 93.7 Å². The van der Waals surface area contributed by atoms with Gasteiger partial charge in [0.15, 0.2) is 6.61 Å². The Morgan fingerprint density at radius 3 is 2.54 bits per heavy atom. The Labute approximate surface area is 157 Å². The molecule has 7 nitrogen and oxygen atoms in total. The van der Waals surface area contributed by atoms with Gasteiger partial charge in [-0.2, -0.15) is 0 Å². The largest absolute Gasteiger partial charge is 0.482 e. The zero-order valence-corrected chi connectivity index (χ0v) is 15.6. The van der Waals surface area contributed by atoms with Gasteiger partial charge >= 0.3 is 0 Å². The predicted octanol–water partition coefficient (Wildman–Crippen LogP) is 2.28. The van der Waals surface area contributed by atoms with E-state index < -0.39 is 10.0 Å². The van der Waals surface area contributed by atoms with Gasteiger partial charge in [-0.05, 0) is 30.3 Å². The summed E-state index contributed by atoms with van der Waals surface area (Å²) in [4.78, 5) is 11.9. The molecular weight excluding hydrogens is 380 g/mol. The molecule has 0 bridgehead atoms. The first-order valence-electron chi connectivity index (χ1n) is 7.68. The van der Waals surface area contributed by atoms with E-state index in [0.29, 0.717) is 5.69 Å². The summed E-state index contributed by atoms with van der Waals surface area (Å²) in [5, 5.41) is 2.76. The summed E-state index contributed by atoms with van der Waals surface area (Å²) in [5.74, 6) is -0.143. The molecule has 0 spiro atoms. The lowest BCUT2D eigenvalue weighted by molar-refractivity contribution is -0.118. The number of para-hydroxylation sites is 1. The molecule has 0 heterocycles. The molecule has 0 fully saturated rings. The van der Waals surface area contributed by atoms with Crippen molar-refractivity contribution in [3.05, 3.63) is 53.6 Å². The van der Waals surface area contributed by atoms with E-state index in [0.717, 1.165) is 0 Å². The number of rotatable bonds is 9. The Morgan fingerprint density at radius 1 is 1.15 bits per heavy atom. The quantitative estimate of drug-likeness (QED) is 0.632. The summed E-state index contributed by atoms with van der Waals surface area (Å²) in [6, 6.07) is 13.0. The molecular formula is C17H19ClN2O5S. The van der Waals surface area contributed by atoms with Gasteiger partial charge < -0.3 is 14.8 Å². The van der Waals surface area contributed by atoms with Crippen LogP contribution in [-0.4, -0.2) is 41.2 Å². The molecule has 140 valence electrons. The number of sulfonamides is 1. The minimum Gasteiger partial charge on any atom is -0.482 e. The number of ether oxygens (including phenoxy) is 2. The van der Waals surface area contributed by atoms with Crippen LogP contribution in [0.4, 0.5) is 5.69 Å². The van der Waals surface area contributed by atoms with Gasteiger partial charge in [0.1, 0.15) is 5.75 Å². The van der Waals surface area contributed by atoms with Gasteiger partial charge in [0.25, 0.3) is 5.91 Å². The summed E-state index contributed by atoms with van der Waals surface area (Å²) in [7, 11) is -2.22. The highest BCUT2D eigenvalue weighted by Gasteiger charge is 2.16. The zero-order chi connectivity index (χ0) is 19.0. The summed E-state index contributed by atoms with van der Waals surface area (Å²) >= 11 is 6.07. The van der Waals surface area contributed by atoms with Crippen LogP contribution in [0, 0.1) is 0 Å². The van der Waals surface area contributed by atoms with E-state index in [1.165, 1.54) is 25.3 Å². The normalized spacial score (nSPS) is 11.2. The van der Waals surface area contributed by atoms with Crippen LogP contribution >= 0.6 is 11.6 Å². The number of methoxy groups -OCH3 is 1. The molecule has 0 aliphatic rings. The third-order valence-corrected chi connectivity index (χ3v) is 4.98. The van der Waals surface area contributed by atoms with E-state index in [1.807, 2.05) is 6.07 Å². The minimum atomic E-state index is -3.69. The summed E-state index contributed by atoms with van der Waals surface area (Å²) in [6.07, 6.45) is 0. The van der Waals surface area contributed by atoms with Crippen LogP contribution in [0.1, 0.15) is 0 Å². The number of nitrogens with one attached hydrogen (secondary N) is 2. The number of carbonyl (C=O) groups excluding carboxylic acids is 1. The van der Waals surface area contributed by atoms with Gasteiger partial charge in [0, 0.05) is 19.3 Å². The zero-order valence-electron chi connectivity index (χ0n) is 14.1. The Bertz CT molecular complexity index is 843. The van der Waals surface area contributed by atoms with Crippen molar-refractivity contribution >= 4 is 33.2 Å². The highest BCUT2D eigenvalue weighted by molar-refractivity contribution is 7.89.